The zero-order valence-electron chi connectivity index (χ0n) is 12.4. The molecule has 1 heterocycles. The fourth-order valence-electron chi connectivity index (χ4n) is 3.60. The van der Waals surface area contributed by atoms with Crippen molar-refractivity contribution in [3.05, 3.63) is 41.5 Å². The molecule has 22 heavy (non-hydrogen) atoms. The first-order chi connectivity index (χ1) is 10.4. The lowest BCUT2D eigenvalue weighted by Crippen LogP contribution is -2.12. The number of halogens is 3. The summed E-state index contributed by atoms with van der Waals surface area (Å²) in [5.74, 6) is 0.369. The van der Waals surface area contributed by atoms with Gasteiger partial charge in [0.1, 0.15) is 7.14 Å². The molecular weight excluding hydrogens is 308 g/mol. The molecule has 0 aromatic heterocycles. The summed E-state index contributed by atoms with van der Waals surface area (Å²) >= 11 is 0. The molecule has 0 spiro atoms. The smallest absolute Gasteiger partial charge is 0.319 e. The highest BCUT2D eigenvalue weighted by molar-refractivity contribution is 7.71. The van der Waals surface area contributed by atoms with Crippen LogP contribution in [0.4, 0.5) is 13.2 Å². The van der Waals surface area contributed by atoms with Gasteiger partial charge in [-0.2, -0.15) is 13.2 Å². The third-order valence-corrected chi connectivity index (χ3v) is 8.12. The number of hydrogen-bond donors (Lipinski definition) is 0. The van der Waals surface area contributed by atoms with E-state index in [1.165, 1.54) is 30.5 Å². The van der Waals surface area contributed by atoms with Gasteiger partial charge in [-0.15, -0.1) is 0 Å². The van der Waals surface area contributed by atoms with Gasteiger partial charge in [-0.3, -0.25) is 0 Å². The van der Waals surface area contributed by atoms with E-state index in [1.54, 1.807) is 0 Å². The number of rotatable bonds is 2. The summed E-state index contributed by atoms with van der Waals surface area (Å²) in [6.45, 7) is 0. The zero-order valence-corrected chi connectivity index (χ0v) is 13.3. The van der Waals surface area contributed by atoms with Crippen molar-refractivity contribution in [3.63, 3.8) is 0 Å². The third kappa shape index (κ3) is 3.17. The molecule has 5 heteroatoms. The van der Waals surface area contributed by atoms with Crippen LogP contribution < -0.4 is 5.30 Å². The number of alkyl halides is 3. The Bertz CT molecular complexity index is 616. The average Bonchev–Trinajstić information content (AvgIpc) is 2.91. The maximum atomic E-state index is 13.1. The fraction of sp³-hybridized carbons (Fsp3) is 0.529. The molecule has 1 aliphatic heterocycles. The summed E-state index contributed by atoms with van der Waals surface area (Å²) < 4.78 is 51.0. The number of allylic oxidation sites excluding steroid dienone is 2. The first-order valence-electron chi connectivity index (χ1n) is 7.83. The van der Waals surface area contributed by atoms with E-state index in [4.69, 9.17) is 0 Å². The number of benzene rings is 1. The van der Waals surface area contributed by atoms with E-state index >= 15 is 0 Å². The molecule has 1 fully saturated rings. The lowest BCUT2D eigenvalue weighted by atomic mass is 9.89. The predicted octanol–water partition coefficient (Wildman–Crippen LogP) is 5.21. The summed E-state index contributed by atoms with van der Waals surface area (Å²) in [5.41, 5.74) is 0.754. The highest BCUT2D eigenvalue weighted by Gasteiger charge is 2.38. The Balaban J connectivity index is 1.77. The minimum atomic E-state index is -4.34. The van der Waals surface area contributed by atoms with Gasteiger partial charge in [0.15, 0.2) is 0 Å². The van der Waals surface area contributed by atoms with Crippen LogP contribution in [-0.2, 0) is 10.7 Å². The van der Waals surface area contributed by atoms with Gasteiger partial charge in [-0.05, 0) is 50.2 Å². The standard InChI is InChI=1S/C17H20F3OP/c18-17(19,20)15-6-8-16(9-7-15)22(21)11-10-14(12-22)13-4-2-1-3-5-13/h4,6-9,14H,1-3,5,10-12H2/t14-,22+/m1/s1. The van der Waals surface area contributed by atoms with Crippen molar-refractivity contribution in [1.29, 1.82) is 0 Å². The molecule has 2 atom stereocenters. The van der Waals surface area contributed by atoms with E-state index in [9.17, 15) is 17.7 Å². The van der Waals surface area contributed by atoms with Crippen molar-refractivity contribution in [2.45, 2.75) is 38.3 Å². The van der Waals surface area contributed by atoms with Crippen molar-refractivity contribution in [2.75, 3.05) is 12.3 Å². The van der Waals surface area contributed by atoms with E-state index in [-0.39, 0.29) is 0 Å². The average molecular weight is 328 g/mol. The van der Waals surface area contributed by atoms with Crippen LogP contribution in [0.15, 0.2) is 35.9 Å². The van der Waals surface area contributed by atoms with Gasteiger partial charge in [-0.1, -0.05) is 23.8 Å². The Morgan fingerprint density at radius 1 is 1.09 bits per heavy atom. The molecule has 1 aliphatic carbocycles. The second kappa shape index (κ2) is 5.88. The van der Waals surface area contributed by atoms with Gasteiger partial charge in [-0.25, -0.2) is 0 Å². The molecule has 1 saturated heterocycles. The van der Waals surface area contributed by atoms with E-state index in [1.807, 2.05) is 0 Å². The first-order valence-corrected chi connectivity index (χ1v) is 9.91. The molecule has 0 amide bonds. The molecule has 0 N–H and O–H groups in total. The van der Waals surface area contributed by atoms with Crippen LogP contribution in [-0.4, -0.2) is 12.3 Å². The quantitative estimate of drug-likeness (QED) is 0.538. The molecule has 0 radical (unpaired) electrons. The molecule has 3 rings (SSSR count). The van der Waals surface area contributed by atoms with Gasteiger partial charge >= 0.3 is 6.18 Å². The molecule has 1 nitrogen and oxygen atoms in total. The SMILES string of the molecule is O=[P@@]1(c2ccc(C(F)(F)F)cc2)CC[C@@H](C2=CCCCC2)C1. The lowest BCUT2D eigenvalue weighted by molar-refractivity contribution is -0.137. The van der Waals surface area contributed by atoms with Crippen LogP contribution in [0.1, 0.15) is 37.7 Å². The van der Waals surface area contributed by atoms with Gasteiger partial charge in [0.05, 0.1) is 5.56 Å². The molecule has 120 valence electrons. The minimum Gasteiger partial charge on any atom is -0.319 e. The van der Waals surface area contributed by atoms with Crippen LogP contribution in [0.2, 0.25) is 0 Å². The molecule has 2 aliphatic rings. The first kappa shape index (κ1) is 15.9. The normalized spacial score (nSPS) is 29.4. The predicted molar refractivity (Wildman–Crippen MR) is 83.1 cm³/mol. The van der Waals surface area contributed by atoms with Crippen molar-refractivity contribution in [3.8, 4) is 0 Å². The monoisotopic (exact) mass is 328 g/mol. The Morgan fingerprint density at radius 3 is 2.41 bits per heavy atom. The second-order valence-electron chi connectivity index (χ2n) is 6.35. The zero-order chi connectivity index (χ0) is 15.8. The molecule has 0 saturated carbocycles. The maximum Gasteiger partial charge on any atom is 0.416 e. The summed E-state index contributed by atoms with van der Waals surface area (Å²) in [6, 6.07) is 4.95. The van der Waals surface area contributed by atoms with Gasteiger partial charge < -0.3 is 4.57 Å². The Hall–Kier alpha value is -1.02. The largest absolute Gasteiger partial charge is 0.416 e. The van der Waals surface area contributed by atoms with Crippen molar-refractivity contribution in [2.24, 2.45) is 5.92 Å². The van der Waals surface area contributed by atoms with E-state index in [0.29, 0.717) is 23.5 Å². The van der Waals surface area contributed by atoms with Crippen molar-refractivity contribution >= 4 is 12.4 Å². The van der Waals surface area contributed by atoms with Crippen molar-refractivity contribution in [1.82, 2.24) is 0 Å². The molecule has 1 aromatic carbocycles. The van der Waals surface area contributed by atoms with Gasteiger partial charge in [0.25, 0.3) is 0 Å². The van der Waals surface area contributed by atoms with Crippen LogP contribution in [0.3, 0.4) is 0 Å². The summed E-state index contributed by atoms with van der Waals surface area (Å²) in [6.07, 6.45) is 4.75. The maximum absolute atomic E-state index is 13.1. The summed E-state index contributed by atoms with van der Waals surface area (Å²) in [4.78, 5) is 0. The summed E-state index contributed by atoms with van der Waals surface area (Å²) in [5, 5.41) is 0.611. The molecule has 0 bridgehead atoms. The fourth-order valence-corrected chi connectivity index (χ4v) is 6.80. The Kier molecular flexibility index (Phi) is 4.24. The Morgan fingerprint density at radius 2 is 1.82 bits per heavy atom. The molecular formula is C17H20F3OP. The van der Waals surface area contributed by atoms with Gasteiger partial charge in [0, 0.05) is 17.6 Å². The topological polar surface area (TPSA) is 17.1 Å². The van der Waals surface area contributed by atoms with E-state index in [0.717, 1.165) is 31.4 Å². The molecule has 0 unspecified atom stereocenters. The third-order valence-electron chi connectivity index (χ3n) is 4.87. The van der Waals surface area contributed by atoms with Crippen LogP contribution in [0.25, 0.3) is 0 Å². The lowest BCUT2D eigenvalue weighted by Gasteiger charge is -2.19. The number of hydrogen-bond acceptors (Lipinski definition) is 1. The second-order valence-corrected chi connectivity index (χ2v) is 9.46. The van der Waals surface area contributed by atoms with Crippen LogP contribution >= 0.6 is 7.14 Å². The highest BCUT2D eigenvalue weighted by Crippen LogP contribution is 2.55. The van der Waals surface area contributed by atoms with Crippen molar-refractivity contribution < 1.29 is 17.7 Å². The summed E-state index contributed by atoms with van der Waals surface area (Å²) in [7, 11) is -2.53. The van der Waals surface area contributed by atoms with Crippen LogP contribution in [0, 0.1) is 5.92 Å². The highest BCUT2D eigenvalue weighted by atomic mass is 31.2. The van der Waals surface area contributed by atoms with Crippen LogP contribution in [0.5, 0.6) is 0 Å². The van der Waals surface area contributed by atoms with Gasteiger partial charge in [0.2, 0.25) is 0 Å². The Labute approximate surface area is 129 Å². The van der Waals surface area contributed by atoms with E-state index < -0.39 is 18.9 Å². The molecule has 1 aromatic rings. The van der Waals surface area contributed by atoms with E-state index in [2.05, 4.69) is 6.08 Å². The minimum absolute atomic E-state index is 0.369.